The van der Waals surface area contributed by atoms with Gasteiger partial charge in [-0.1, -0.05) is 19.3 Å². The number of carbonyl (C=O) groups is 2. The van der Waals surface area contributed by atoms with Crippen LogP contribution in [0.4, 0.5) is 4.79 Å². The lowest BCUT2D eigenvalue weighted by Crippen LogP contribution is -2.51. The number of rotatable bonds is 4. The SMILES string of the molecule is COCCCNC(=O)N1CCCCCCN(C)C(=O)C2CCCC21. The lowest BCUT2D eigenvalue weighted by Gasteiger charge is -2.34. The largest absolute Gasteiger partial charge is 0.385 e. The zero-order valence-corrected chi connectivity index (χ0v) is 15.3. The fraction of sp³-hybridized carbons (Fsp3) is 0.889. The molecular weight excluding hydrogens is 306 g/mol. The van der Waals surface area contributed by atoms with Gasteiger partial charge in [0.2, 0.25) is 5.91 Å². The Morgan fingerprint density at radius 2 is 1.92 bits per heavy atom. The van der Waals surface area contributed by atoms with Crippen molar-refractivity contribution in [3.8, 4) is 0 Å². The molecule has 0 bridgehead atoms. The van der Waals surface area contributed by atoms with Crippen LogP contribution in [0.15, 0.2) is 0 Å². The highest BCUT2D eigenvalue weighted by Crippen LogP contribution is 2.32. The first-order valence-electron chi connectivity index (χ1n) is 9.43. The highest BCUT2D eigenvalue weighted by molar-refractivity contribution is 5.81. The van der Waals surface area contributed by atoms with Crippen LogP contribution in [0.1, 0.15) is 51.4 Å². The van der Waals surface area contributed by atoms with Gasteiger partial charge in [-0.3, -0.25) is 4.79 Å². The van der Waals surface area contributed by atoms with E-state index in [-0.39, 0.29) is 23.9 Å². The van der Waals surface area contributed by atoms with Crippen LogP contribution in [0.2, 0.25) is 0 Å². The Bertz CT molecular complexity index is 416. The molecule has 2 aliphatic rings. The predicted octanol–water partition coefficient (Wildman–Crippen LogP) is 2.24. The van der Waals surface area contributed by atoms with Gasteiger partial charge in [-0.25, -0.2) is 4.79 Å². The summed E-state index contributed by atoms with van der Waals surface area (Å²) in [6.45, 7) is 2.86. The summed E-state index contributed by atoms with van der Waals surface area (Å²) in [4.78, 5) is 29.3. The molecule has 1 saturated carbocycles. The standard InChI is InChI=1S/C18H33N3O3/c1-20-12-5-3-4-6-13-21(18(23)19-11-8-14-24-2)16-10-7-9-15(16)17(20)22/h15-16H,3-14H2,1-2H3,(H,19,23). The van der Waals surface area contributed by atoms with Crippen LogP contribution in [-0.4, -0.2) is 68.2 Å². The molecule has 2 unspecified atom stereocenters. The first kappa shape index (κ1) is 19.0. The van der Waals surface area contributed by atoms with Crippen LogP contribution >= 0.6 is 0 Å². The Kier molecular flexibility index (Phi) is 7.82. The zero-order valence-electron chi connectivity index (χ0n) is 15.3. The van der Waals surface area contributed by atoms with Gasteiger partial charge in [0.1, 0.15) is 0 Å². The van der Waals surface area contributed by atoms with Crippen molar-refractivity contribution in [2.24, 2.45) is 5.92 Å². The van der Waals surface area contributed by atoms with Gasteiger partial charge in [0.25, 0.3) is 0 Å². The number of amides is 3. The molecule has 0 aromatic rings. The molecule has 1 aliphatic heterocycles. The highest BCUT2D eigenvalue weighted by Gasteiger charge is 2.39. The molecule has 0 aromatic heterocycles. The second-order valence-corrected chi connectivity index (χ2v) is 7.05. The van der Waals surface area contributed by atoms with Gasteiger partial charge in [-0.05, 0) is 32.1 Å². The minimum Gasteiger partial charge on any atom is -0.385 e. The summed E-state index contributed by atoms with van der Waals surface area (Å²) in [5, 5.41) is 3.01. The molecule has 1 aliphatic carbocycles. The Morgan fingerprint density at radius 1 is 1.17 bits per heavy atom. The highest BCUT2D eigenvalue weighted by atomic mass is 16.5. The number of methoxy groups -OCH3 is 1. The van der Waals surface area contributed by atoms with Gasteiger partial charge < -0.3 is 19.9 Å². The van der Waals surface area contributed by atoms with E-state index in [1.807, 2.05) is 16.8 Å². The number of ether oxygens (including phenoxy) is 1. The predicted molar refractivity (Wildman–Crippen MR) is 93.8 cm³/mol. The van der Waals surface area contributed by atoms with Crippen LogP contribution < -0.4 is 5.32 Å². The maximum absolute atomic E-state index is 12.8. The van der Waals surface area contributed by atoms with Crippen molar-refractivity contribution < 1.29 is 14.3 Å². The number of urea groups is 1. The maximum Gasteiger partial charge on any atom is 0.317 e. The van der Waals surface area contributed by atoms with Gasteiger partial charge in [0, 0.05) is 46.4 Å². The average Bonchev–Trinajstić information content (AvgIpc) is 3.05. The first-order chi connectivity index (χ1) is 11.6. The molecule has 1 N–H and O–H groups in total. The molecular formula is C18H33N3O3. The van der Waals surface area contributed by atoms with E-state index in [9.17, 15) is 9.59 Å². The second kappa shape index (κ2) is 9.87. The molecule has 6 heteroatoms. The number of nitrogens with one attached hydrogen (secondary N) is 1. The number of hydrogen-bond donors (Lipinski definition) is 1. The fourth-order valence-corrected chi connectivity index (χ4v) is 3.91. The van der Waals surface area contributed by atoms with E-state index in [2.05, 4.69) is 5.32 Å². The summed E-state index contributed by atoms with van der Waals surface area (Å²) >= 11 is 0. The number of hydrogen-bond acceptors (Lipinski definition) is 3. The van der Waals surface area contributed by atoms with Crippen molar-refractivity contribution in [1.82, 2.24) is 15.1 Å². The van der Waals surface area contributed by atoms with Gasteiger partial charge in [0.05, 0.1) is 5.92 Å². The van der Waals surface area contributed by atoms with E-state index in [0.29, 0.717) is 13.2 Å². The zero-order chi connectivity index (χ0) is 17.4. The molecule has 24 heavy (non-hydrogen) atoms. The third kappa shape index (κ3) is 5.10. The normalized spacial score (nSPS) is 26.0. The number of carbonyl (C=O) groups excluding carboxylic acids is 2. The van der Waals surface area contributed by atoms with Gasteiger partial charge in [-0.15, -0.1) is 0 Å². The van der Waals surface area contributed by atoms with Gasteiger partial charge >= 0.3 is 6.03 Å². The minimum absolute atomic E-state index is 0.0160. The Labute approximate surface area is 145 Å². The Morgan fingerprint density at radius 3 is 2.67 bits per heavy atom. The molecule has 0 aromatic carbocycles. The van der Waals surface area contributed by atoms with Crippen molar-refractivity contribution in [2.75, 3.05) is 40.4 Å². The minimum atomic E-state index is -0.0298. The van der Waals surface area contributed by atoms with E-state index < -0.39 is 0 Å². The van der Waals surface area contributed by atoms with Crippen LogP contribution in [0.3, 0.4) is 0 Å². The smallest absolute Gasteiger partial charge is 0.317 e. The molecule has 3 amide bonds. The topological polar surface area (TPSA) is 61.9 Å². The summed E-state index contributed by atoms with van der Waals surface area (Å²) < 4.78 is 5.03. The van der Waals surface area contributed by atoms with E-state index in [1.54, 1.807) is 7.11 Å². The lowest BCUT2D eigenvalue weighted by atomic mass is 10.00. The van der Waals surface area contributed by atoms with E-state index in [0.717, 1.165) is 64.5 Å². The van der Waals surface area contributed by atoms with Crippen molar-refractivity contribution in [1.29, 1.82) is 0 Å². The van der Waals surface area contributed by atoms with Crippen molar-refractivity contribution in [2.45, 2.75) is 57.4 Å². The van der Waals surface area contributed by atoms with E-state index >= 15 is 0 Å². The quantitative estimate of drug-likeness (QED) is 0.799. The third-order valence-corrected chi connectivity index (χ3v) is 5.28. The molecule has 2 atom stereocenters. The molecule has 138 valence electrons. The Balaban J connectivity index is 2.04. The molecule has 2 fully saturated rings. The molecule has 1 heterocycles. The van der Waals surface area contributed by atoms with Gasteiger partial charge in [-0.2, -0.15) is 0 Å². The van der Waals surface area contributed by atoms with Crippen molar-refractivity contribution in [3.05, 3.63) is 0 Å². The van der Waals surface area contributed by atoms with E-state index in [1.165, 1.54) is 0 Å². The summed E-state index contributed by atoms with van der Waals surface area (Å²) in [5.74, 6) is 0.189. The van der Waals surface area contributed by atoms with Crippen LogP contribution in [0, 0.1) is 5.92 Å². The summed E-state index contributed by atoms with van der Waals surface area (Å²) in [5.41, 5.74) is 0. The van der Waals surface area contributed by atoms with Crippen molar-refractivity contribution >= 4 is 11.9 Å². The molecule has 2 rings (SSSR count). The lowest BCUT2D eigenvalue weighted by molar-refractivity contribution is -0.135. The summed E-state index contributed by atoms with van der Waals surface area (Å²) in [6.07, 6.45) is 8.00. The first-order valence-corrected chi connectivity index (χ1v) is 9.43. The third-order valence-electron chi connectivity index (χ3n) is 5.28. The van der Waals surface area contributed by atoms with Gasteiger partial charge in [0.15, 0.2) is 0 Å². The number of fused-ring (bicyclic) bond motifs is 1. The Hall–Kier alpha value is -1.30. The van der Waals surface area contributed by atoms with Crippen LogP contribution in [0.5, 0.6) is 0 Å². The molecule has 0 radical (unpaired) electrons. The number of nitrogens with zero attached hydrogens (tertiary/aromatic N) is 2. The monoisotopic (exact) mass is 339 g/mol. The molecule has 0 spiro atoms. The summed E-state index contributed by atoms with van der Waals surface area (Å²) in [6, 6.07) is 0.0400. The molecule has 6 nitrogen and oxygen atoms in total. The van der Waals surface area contributed by atoms with Crippen molar-refractivity contribution in [3.63, 3.8) is 0 Å². The maximum atomic E-state index is 12.8. The van der Waals surface area contributed by atoms with Crippen LogP contribution in [0.25, 0.3) is 0 Å². The van der Waals surface area contributed by atoms with Crippen LogP contribution in [-0.2, 0) is 9.53 Å². The fourth-order valence-electron chi connectivity index (χ4n) is 3.91. The van der Waals surface area contributed by atoms with E-state index in [4.69, 9.17) is 4.74 Å². The summed E-state index contributed by atoms with van der Waals surface area (Å²) in [7, 11) is 3.57. The average molecular weight is 339 g/mol. The second-order valence-electron chi connectivity index (χ2n) is 7.05. The molecule has 1 saturated heterocycles.